The Morgan fingerprint density at radius 3 is 2.88 bits per heavy atom. The number of hydrogen-bond donors (Lipinski definition) is 1. The second-order valence-electron chi connectivity index (χ2n) is 5.49. The first kappa shape index (κ1) is 10.7. The summed E-state index contributed by atoms with van der Waals surface area (Å²) in [6.45, 7) is 4.91. The van der Waals surface area contributed by atoms with E-state index in [4.69, 9.17) is 10.7 Å². The minimum Gasteiger partial charge on any atom is -0.329 e. The molecule has 1 fully saturated rings. The van der Waals surface area contributed by atoms with Crippen LogP contribution in [0.15, 0.2) is 18.5 Å². The van der Waals surface area contributed by atoms with Crippen LogP contribution in [0.2, 0.25) is 0 Å². The van der Waals surface area contributed by atoms with Crippen LogP contribution in [-0.2, 0) is 5.41 Å². The van der Waals surface area contributed by atoms with Crippen LogP contribution < -0.4 is 5.73 Å². The molecule has 0 aromatic carbocycles. The molecule has 1 aliphatic rings. The number of fused-ring (bicyclic) bond motifs is 1. The van der Waals surface area contributed by atoms with E-state index in [9.17, 15) is 0 Å². The Labute approximate surface area is 101 Å². The summed E-state index contributed by atoms with van der Waals surface area (Å²) in [5.74, 6) is 1.10. The van der Waals surface area contributed by atoms with Gasteiger partial charge in [0.05, 0.1) is 17.2 Å². The summed E-state index contributed by atoms with van der Waals surface area (Å²) >= 11 is 0. The predicted molar refractivity (Wildman–Crippen MR) is 67.9 cm³/mol. The molecule has 1 saturated carbocycles. The molecule has 2 N–H and O–H groups in total. The van der Waals surface area contributed by atoms with E-state index in [-0.39, 0.29) is 5.41 Å². The molecule has 90 valence electrons. The SMILES string of the molecule is CC(C)(CN)c1nc2ccncc2n1C1CC1. The molecule has 3 rings (SSSR count). The van der Waals surface area contributed by atoms with Gasteiger partial charge in [0, 0.05) is 24.2 Å². The average Bonchev–Trinajstić information content (AvgIpc) is 3.09. The van der Waals surface area contributed by atoms with Crippen LogP contribution in [0, 0.1) is 0 Å². The number of hydrogen-bond acceptors (Lipinski definition) is 3. The van der Waals surface area contributed by atoms with Crippen molar-refractivity contribution >= 4 is 11.0 Å². The second-order valence-corrected chi connectivity index (χ2v) is 5.49. The van der Waals surface area contributed by atoms with Gasteiger partial charge in [-0.1, -0.05) is 13.8 Å². The molecule has 2 heterocycles. The summed E-state index contributed by atoms with van der Waals surface area (Å²) in [6.07, 6.45) is 6.20. The number of nitrogens with two attached hydrogens (primary N) is 1. The van der Waals surface area contributed by atoms with Crippen LogP contribution in [-0.4, -0.2) is 21.1 Å². The molecular formula is C13H18N4. The van der Waals surface area contributed by atoms with Crippen molar-refractivity contribution in [2.45, 2.75) is 38.1 Å². The fourth-order valence-electron chi connectivity index (χ4n) is 2.21. The summed E-state index contributed by atoms with van der Waals surface area (Å²) in [5.41, 5.74) is 7.97. The van der Waals surface area contributed by atoms with Gasteiger partial charge in [0.2, 0.25) is 0 Å². The van der Waals surface area contributed by atoms with E-state index in [0.29, 0.717) is 12.6 Å². The van der Waals surface area contributed by atoms with Crippen molar-refractivity contribution in [3.8, 4) is 0 Å². The molecule has 0 radical (unpaired) electrons. The topological polar surface area (TPSA) is 56.7 Å². The molecule has 2 aromatic rings. The minimum atomic E-state index is -0.0817. The highest BCUT2D eigenvalue weighted by Crippen LogP contribution is 2.40. The fourth-order valence-corrected chi connectivity index (χ4v) is 2.21. The highest BCUT2D eigenvalue weighted by atomic mass is 15.1. The van der Waals surface area contributed by atoms with Gasteiger partial charge < -0.3 is 10.3 Å². The van der Waals surface area contributed by atoms with Gasteiger partial charge in [0.1, 0.15) is 5.82 Å². The highest BCUT2D eigenvalue weighted by molar-refractivity contribution is 5.75. The van der Waals surface area contributed by atoms with Gasteiger partial charge in [0.15, 0.2) is 0 Å². The number of aromatic nitrogens is 3. The third kappa shape index (κ3) is 1.63. The van der Waals surface area contributed by atoms with Crippen molar-refractivity contribution in [1.82, 2.24) is 14.5 Å². The van der Waals surface area contributed by atoms with E-state index < -0.39 is 0 Å². The van der Waals surface area contributed by atoms with Gasteiger partial charge in [-0.05, 0) is 18.9 Å². The largest absolute Gasteiger partial charge is 0.329 e. The quantitative estimate of drug-likeness (QED) is 0.877. The van der Waals surface area contributed by atoms with Crippen LogP contribution in [0.5, 0.6) is 0 Å². The zero-order chi connectivity index (χ0) is 12.0. The summed E-state index contributed by atoms with van der Waals surface area (Å²) in [6, 6.07) is 2.58. The van der Waals surface area contributed by atoms with Gasteiger partial charge in [-0.25, -0.2) is 4.98 Å². The smallest absolute Gasteiger partial charge is 0.117 e. The van der Waals surface area contributed by atoms with Crippen LogP contribution in [0.25, 0.3) is 11.0 Å². The van der Waals surface area contributed by atoms with Crippen molar-refractivity contribution in [3.05, 3.63) is 24.3 Å². The molecule has 1 aliphatic carbocycles. The molecule has 2 aromatic heterocycles. The summed E-state index contributed by atoms with van der Waals surface area (Å²) < 4.78 is 2.34. The number of pyridine rings is 1. The van der Waals surface area contributed by atoms with E-state index in [1.807, 2.05) is 12.3 Å². The van der Waals surface area contributed by atoms with E-state index in [1.165, 1.54) is 12.8 Å². The van der Waals surface area contributed by atoms with E-state index in [1.54, 1.807) is 6.20 Å². The summed E-state index contributed by atoms with van der Waals surface area (Å²) in [4.78, 5) is 8.97. The van der Waals surface area contributed by atoms with Gasteiger partial charge >= 0.3 is 0 Å². The Balaban J connectivity index is 2.26. The van der Waals surface area contributed by atoms with Crippen LogP contribution in [0.4, 0.5) is 0 Å². The first-order chi connectivity index (χ1) is 8.13. The zero-order valence-corrected chi connectivity index (χ0v) is 10.3. The zero-order valence-electron chi connectivity index (χ0n) is 10.3. The molecule has 4 heteroatoms. The third-order valence-electron chi connectivity index (χ3n) is 3.52. The number of imidazole rings is 1. The molecule has 0 amide bonds. The van der Waals surface area contributed by atoms with Crippen LogP contribution in [0.1, 0.15) is 38.6 Å². The fraction of sp³-hybridized carbons (Fsp3) is 0.538. The molecule has 0 spiro atoms. The predicted octanol–water partition coefficient (Wildman–Crippen LogP) is 2.00. The molecule has 0 atom stereocenters. The normalized spacial score (nSPS) is 16.6. The lowest BCUT2D eigenvalue weighted by Crippen LogP contribution is -2.31. The molecule has 0 aliphatic heterocycles. The van der Waals surface area contributed by atoms with Crippen molar-refractivity contribution in [2.24, 2.45) is 5.73 Å². The number of nitrogens with zero attached hydrogens (tertiary/aromatic N) is 3. The van der Waals surface area contributed by atoms with Crippen molar-refractivity contribution in [1.29, 1.82) is 0 Å². The van der Waals surface area contributed by atoms with E-state index in [2.05, 4.69) is 23.4 Å². The lowest BCUT2D eigenvalue weighted by Gasteiger charge is -2.23. The first-order valence-corrected chi connectivity index (χ1v) is 6.16. The minimum absolute atomic E-state index is 0.0817. The maximum absolute atomic E-state index is 5.88. The maximum Gasteiger partial charge on any atom is 0.117 e. The standard InChI is InChI=1S/C13H18N4/c1-13(2,8-14)12-16-10-5-6-15-7-11(10)17(12)9-3-4-9/h5-7,9H,3-4,8,14H2,1-2H3. The van der Waals surface area contributed by atoms with E-state index in [0.717, 1.165) is 16.9 Å². The lowest BCUT2D eigenvalue weighted by molar-refractivity contribution is 0.473. The number of rotatable bonds is 3. The summed E-state index contributed by atoms with van der Waals surface area (Å²) in [5, 5.41) is 0. The summed E-state index contributed by atoms with van der Waals surface area (Å²) in [7, 11) is 0. The van der Waals surface area contributed by atoms with Crippen molar-refractivity contribution in [3.63, 3.8) is 0 Å². The van der Waals surface area contributed by atoms with Crippen molar-refractivity contribution in [2.75, 3.05) is 6.54 Å². The van der Waals surface area contributed by atoms with Crippen LogP contribution >= 0.6 is 0 Å². The Bertz CT molecular complexity index is 552. The Kier molecular flexibility index (Phi) is 2.23. The Morgan fingerprint density at radius 2 is 2.24 bits per heavy atom. The molecular weight excluding hydrogens is 212 g/mol. The Morgan fingerprint density at radius 1 is 1.47 bits per heavy atom. The first-order valence-electron chi connectivity index (χ1n) is 6.16. The van der Waals surface area contributed by atoms with Gasteiger partial charge in [-0.2, -0.15) is 0 Å². The average molecular weight is 230 g/mol. The molecule has 0 saturated heterocycles. The monoisotopic (exact) mass is 230 g/mol. The molecule has 0 bridgehead atoms. The lowest BCUT2D eigenvalue weighted by atomic mass is 9.92. The van der Waals surface area contributed by atoms with Gasteiger partial charge in [-0.15, -0.1) is 0 Å². The maximum atomic E-state index is 5.88. The van der Waals surface area contributed by atoms with Crippen molar-refractivity contribution < 1.29 is 0 Å². The van der Waals surface area contributed by atoms with Crippen LogP contribution in [0.3, 0.4) is 0 Å². The van der Waals surface area contributed by atoms with Gasteiger partial charge in [0.25, 0.3) is 0 Å². The molecule has 0 unspecified atom stereocenters. The second kappa shape index (κ2) is 3.53. The molecule has 4 nitrogen and oxygen atoms in total. The highest BCUT2D eigenvalue weighted by Gasteiger charge is 2.33. The molecule has 17 heavy (non-hydrogen) atoms. The third-order valence-corrected chi connectivity index (χ3v) is 3.52. The van der Waals surface area contributed by atoms with E-state index >= 15 is 0 Å². The van der Waals surface area contributed by atoms with Gasteiger partial charge in [-0.3, -0.25) is 4.98 Å². The Hall–Kier alpha value is -1.42.